The number of rotatable bonds is 8. The summed E-state index contributed by atoms with van der Waals surface area (Å²) in [5, 5.41) is 8.76. The highest BCUT2D eigenvalue weighted by Gasteiger charge is 2.12. The molecule has 3 aromatic rings. The average molecular weight is 423 g/mol. The van der Waals surface area contributed by atoms with E-state index < -0.39 is 11.8 Å². The van der Waals surface area contributed by atoms with E-state index in [1.165, 1.54) is 6.07 Å². The molecule has 1 heterocycles. The van der Waals surface area contributed by atoms with E-state index in [4.69, 9.17) is 9.84 Å². The second-order valence-electron chi connectivity index (χ2n) is 7.82. The van der Waals surface area contributed by atoms with Crippen molar-refractivity contribution in [2.75, 3.05) is 19.0 Å². The van der Waals surface area contributed by atoms with Crippen molar-refractivity contribution in [3.8, 4) is 17.1 Å². The van der Waals surface area contributed by atoms with Gasteiger partial charge in [-0.25, -0.2) is 9.37 Å². The molecule has 3 rings (SSSR count). The summed E-state index contributed by atoms with van der Waals surface area (Å²) in [5.41, 5.74) is 6.35. The minimum Gasteiger partial charge on any atom is -0.481 e. The van der Waals surface area contributed by atoms with Crippen LogP contribution in [0.25, 0.3) is 11.3 Å². The maximum Gasteiger partial charge on any atom is 0.303 e. The molecule has 0 amide bonds. The molecule has 5 nitrogen and oxygen atoms in total. The summed E-state index contributed by atoms with van der Waals surface area (Å²) >= 11 is 0. The number of hydrogen-bond donors (Lipinski definition) is 1. The SMILES string of the molecule is Cc1cc(N(C)C)cc(C)c1-c1cccc(OCc2ccc(CCC(=O)O)c(F)c2)n1. The molecule has 0 bridgehead atoms. The lowest BCUT2D eigenvalue weighted by molar-refractivity contribution is -0.136. The predicted octanol–water partition coefficient (Wildman–Crippen LogP) is 5.17. The van der Waals surface area contributed by atoms with Gasteiger partial charge >= 0.3 is 5.97 Å². The number of aromatic nitrogens is 1. The maximum absolute atomic E-state index is 14.2. The molecule has 1 aromatic heterocycles. The van der Waals surface area contributed by atoms with E-state index >= 15 is 0 Å². The Kier molecular flexibility index (Phi) is 6.90. The zero-order chi connectivity index (χ0) is 22.5. The van der Waals surface area contributed by atoms with Gasteiger partial charge in [-0.1, -0.05) is 18.2 Å². The molecule has 0 aliphatic heterocycles. The third-order valence-electron chi connectivity index (χ3n) is 5.13. The second-order valence-corrected chi connectivity index (χ2v) is 7.82. The van der Waals surface area contributed by atoms with E-state index in [-0.39, 0.29) is 19.4 Å². The predicted molar refractivity (Wildman–Crippen MR) is 120 cm³/mol. The largest absolute Gasteiger partial charge is 0.481 e. The summed E-state index contributed by atoms with van der Waals surface area (Å²) in [6, 6.07) is 14.6. The molecule has 0 fully saturated rings. The average Bonchev–Trinajstić information content (AvgIpc) is 2.71. The molecule has 2 aromatic carbocycles. The van der Waals surface area contributed by atoms with Crippen molar-refractivity contribution >= 4 is 11.7 Å². The fourth-order valence-electron chi connectivity index (χ4n) is 3.52. The minimum atomic E-state index is -0.945. The zero-order valence-electron chi connectivity index (χ0n) is 18.3. The van der Waals surface area contributed by atoms with Gasteiger partial charge in [-0.2, -0.15) is 0 Å². The fraction of sp³-hybridized carbons (Fsp3) is 0.280. The van der Waals surface area contributed by atoms with Crippen LogP contribution in [0.5, 0.6) is 5.88 Å². The van der Waals surface area contributed by atoms with E-state index in [1.807, 2.05) is 26.2 Å². The number of aliphatic carboxylic acids is 1. The molecule has 0 aliphatic carbocycles. The number of aryl methyl sites for hydroxylation is 3. The van der Waals surface area contributed by atoms with Crippen LogP contribution in [0.1, 0.15) is 28.7 Å². The van der Waals surface area contributed by atoms with Crippen LogP contribution in [0, 0.1) is 19.7 Å². The van der Waals surface area contributed by atoms with Gasteiger partial charge < -0.3 is 14.7 Å². The van der Waals surface area contributed by atoms with Crippen LogP contribution in [-0.2, 0) is 17.8 Å². The smallest absolute Gasteiger partial charge is 0.303 e. The summed E-state index contributed by atoms with van der Waals surface area (Å²) in [6.45, 7) is 4.31. The quantitative estimate of drug-likeness (QED) is 0.543. The number of nitrogens with zero attached hydrogens (tertiary/aromatic N) is 2. The fourth-order valence-corrected chi connectivity index (χ4v) is 3.52. The van der Waals surface area contributed by atoms with Gasteiger partial charge in [-0.05, 0) is 66.8 Å². The molecule has 1 N–H and O–H groups in total. The third kappa shape index (κ3) is 5.60. The van der Waals surface area contributed by atoms with Crippen LogP contribution in [-0.4, -0.2) is 30.2 Å². The van der Waals surface area contributed by atoms with Gasteiger partial charge in [-0.15, -0.1) is 0 Å². The summed E-state index contributed by atoms with van der Waals surface area (Å²) in [4.78, 5) is 17.4. The molecule has 0 saturated heterocycles. The van der Waals surface area contributed by atoms with Gasteiger partial charge in [0.2, 0.25) is 5.88 Å². The Morgan fingerprint density at radius 2 is 1.81 bits per heavy atom. The Balaban J connectivity index is 1.75. The molecule has 0 spiro atoms. The Hall–Kier alpha value is -3.41. The lowest BCUT2D eigenvalue weighted by atomic mass is 9.98. The lowest BCUT2D eigenvalue weighted by Crippen LogP contribution is -2.09. The van der Waals surface area contributed by atoms with Gasteiger partial charge in [0, 0.05) is 37.8 Å². The molecule has 0 saturated carbocycles. The highest BCUT2D eigenvalue weighted by atomic mass is 19.1. The molecular weight excluding hydrogens is 395 g/mol. The number of benzene rings is 2. The highest BCUT2D eigenvalue weighted by Crippen LogP contribution is 2.31. The first kappa shape index (κ1) is 22.3. The van der Waals surface area contributed by atoms with Gasteiger partial charge in [0.15, 0.2) is 0 Å². The summed E-state index contributed by atoms with van der Waals surface area (Å²) in [7, 11) is 4.03. The molecule has 0 atom stereocenters. The number of hydrogen-bond acceptors (Lipinski definition) is 4. The number of carboxylic acids is 1. The lowest BCUT2D eigenvalue weighted by Gasteiger charge is -2.18. The first-order valence-electron chi connectivity index (χ1n) is 10.1. The van der Waals surface area contributed by atoms with E-state index in [0.29, 0.717) is 17.0 Å². The maximum atomic E-state index is 14.2. The molecular formula is C25H27FN2O3. The van der Waals surface area contributed by atoms with Gasteiger partial charge in [0.1, 0.15) is 12.4 Å². The van der Waals surface area contributed by atoms with Crippen LogP contribution in [0.2, 0.25) is 0 Å². The van der Waals surface area contributed by atoms with Crippen molar-refractivity contribution in [1.29, 1.82) is 0 Å². The molecule has 31 heavy (non-hydrogen) atoms. The summed E-state index contributed by atoms with van der Waals surface area (Å²) in [5.74, 6) is -0.903. The zero-order valence-corrected chi connectivity index (χ0v) is 18.3. The van der Waals surface area contributed by atoms with Crippen molar-refractivity contribution in [2.45, 2.75) is 33.3 Å². The monoisotopic (exact) mass is 422 g/mol. The number of carboxylic acid groups (broad SMARTS) is 1. The van der Waals surface area contributed by atoms with Crippen LogP contribution in [0.3, 0.4) is 0 Å². The minimum absolute atomic E-state index is 0.0994. The first-order chi connectivity index (χ1) is 14.7. The number of halogens is 1. The van der Waals surface area contributed by atoms with Gasteiger partial charge in [0.25, 0.3) is 0 Å². The number of carbonyl (C=O) groups is 1. The molecule has 6 heteroatoms. The van der Waals surface area contributed by atoms with Crippen LogP contribution >= 0.6 is 0 Å². The van der Waals surface area contributed by atoms with Crippen LogP contribution in [0.4, 0.5) is 10.1 Å². The normalized spacial score (nSPS) is 10.7. The van der Waals surface area contributed by atoms with E-state index in [9.17, 15) is 9.18 Å². The van der Waals surface area contributed by atoms with E-state index in [2.05, 4.69) is 35.9 Å². The summed E-state index contributed by atoms with van der Waals surface area (Å²) < 4.78 is 20.0. The number of ether oxygens (including phenoxy) is 1. The first-order valence-corrected chi connectivity index (χ1v) is 10.1. The van der Waals surface area contributed by atoms with Crippen molar-refractivity contribution < 1.29 is 19.0 Å². The molecule has 0 aliphatic rings. The van der Waals surface area contributed by atoms with E-state index in [1.54, 1.807) is 18.2 Å². The standard InChI is InChI=1S/C25H27FN2O3/c1-16-12-20(28(3)4)13-17(2)25(16)22-6-5-7-23(27-22)31-15-18-8-9-19(21(26)14-18)10-11-24(29)30/h5-9,12-14H,10-11,15H2,1-4H3,(H,29,30). The van der Waals surface area contributed by atoms with Crippen molar-refractivity contribution in [1.82, 2.24) is 4.98 Å². The van der Waals surface area contributed by atoms with Crippen molar-refractivity contribution in [2.24, 2.45) is 0 Å². The number of pyridine rings is 1. The van der Waals surface area contributed by atoms with E-state index in [0.717, 1.165) is 28.1 Å². The molecule has 0 radical (unpaired) electrons. The van der Waals surface area contributed by atoms with Gasteiger partial charge in [0.05, 0.1) is 5.69 Å². The Morgan fingerprint density at radius 1 is 1.10 bits per heavy atom. The Bertz CT molecular complexity index is 1070. The Morgan fingerprint density at radius 3 is 2.42 bits per heavy atom. The van der Waals surface area contributed by atoms with Crippen molar-refractivity contribution in [3.05, 3.63) is 76.6 Å². The number of anilines is 1. The highest BCUT2D eigenvalue weighted by molar-refractivity contribution is 5.71. The van der Waals surface area contributed by atoms with Crippen molar-refractivity contribution in [3.63, 3.8) is 0 Å². The molecule has 162 valence electrons. The summed E-state index contributed by atoms with van der Waals surface area (Å²) in [6.07, 6.45) is 0.0645. The van der Waals surface area contributed by atoms with Crippen LogP contribution < -0.4 is 9.64 Å². The molecule has 0 unspecified atom stereocenters. The Labute approximate surface area is 182 Å². The topological polar surface area (TPSA) is 62.7 Å². The second kappa shape index (κ2) is 9.60. The van der Waals surface area contributed by atoms with Crippen LogP contribution in [0.15, 0.2) is 48.5 Å². The van der Waals surface area contributed by atoms with Gasteiger partial charge in [-0.3, -0.25) is 4.79 Å². The third-order valence-corrected chi connectivity index (χ3v) is 5.13.